The quantitative estimate of drug-likeness (QED) is 0.531. The number of fused-ring (bicyclic) bond motifs is 1. The minimum absolute atomic E-state index is 0.179. The van der Waals surface area contributed by atoms with Gasteiger partial charge in [0.05, 0.1) is 11.0 Å². The molecular weight excluding hydrogens is 258 g/mol. The Hall–Kier alpha value is -3.02. The van der Waals surface area contributed by atoms with Crippen molar-refractivity contribution in [1.82, 2.24) is 15.0 Å². The molecule has 0 radical (unpaired) electrons. The van der Waals surface area contributed by atoms with Gasteiger partial charge in [0.15, 0.2) is 5.78 Å². The maximum Gasteiger partial charge on any atom is 0.314 e. The molecule has 2 N–H and O–H groups in total. The molecule has 0 aliphatic carbocycles. The van der Waals surface area contributed by atoms with Crippen molar-refractivity contribution in [3.8, 4) is 0 Å². The van der Waals surface area contributed by atoms with Crippen LogP contribution in [0.2, 0.25) is 0 Å². The summed E-state index contributed by atoms with van der Waals surface area (Å²) in [6.45, 7) is 0. The molecule has 0 bridgehead atoms. The van der Waals surface area contributed by atoms with E-state index in [0.29, 0.717) is 22.2 Å². The zero-order valence-corrected chi connectivity index (χ0v) is 10.2. The van der Waals surface area contributed by atoms with Crippen molar-refractivity contribution in [3.05, 3.63) is 74.6 Å². The third-order valence-electron chi connectivity index (χ3n) is 2.93. The van der Waals surface area contributed by atoms with E-state index in [9.17, 15) is 14.4 Å². The number of benzene rings is 1. The predicted molar refractivity (Wildman–Crippen MR) is 72.9 cm³/mol. The fourth-order valence-corrected chi connectivity index (χ4v) is 1.93. The summed E-state index contributed by atoms with van der Waals surface area (Å²) in [6, 6.07) is 7.94. The summed E-state index contributed by atoms with van der Waals surface area (Å²) >= 11 is 0. The Labute approximate surface area is 112 Å². The van der Waals surface area contributed by atoms with Gasteiger partial charge in [0.25, 0.3) is 0 Å². The van der Waals surface area contributed by atoms with E-state index in [0.717, 1.165) is 0 Å². The van der Waals surface area contributed by atoms with Crippen LogP contribution in [0.4, 0.5) is 0 Å². The fraction of sp³-hybridized carbons (Fsp3) is 0. The maximum atomic E-state index is 12.3. The summed E-state index contributed by atoms with van der Waals surface area (Å²) < 4.78 is 0. The van der Waals surface area contributed by atoms with Crippen molar-refractivity contribution >= 4 is 16.8 Å². The van der Waals surface area contributed by atoms with Crippen LogP contribution >= 0.6 is 0 Å². The van der Waals surface area contributed by atoms with Crippen molar-refractivity contribution in [2.45, 2.75) is 0 Å². The highest BCUT2D eigenvalue weighted by Crippen LogP contribution is 2.13. The molecular formula is C14H9N3O3. The first kappa shape index (κ1) is 12.0. The molecule has 0 unspecified atom stereocenters. The van der Waals surface area contributed by atoms with E-state index in [1.165, 1.54) is 18.5 Å². The number of aromatic amines is 2. The number of ketones is 1. The maximum absolute atomic E-state index is 12.3. The van der Waals surface area contributed by atoms with E-state index in [4.69, 9.17) is 0 Å². The second kappa shape index (κ2) is 4.58. The molecule has 0 saturated carbocycles. The standard InChI is InChI=1S/C14H9N3O3/c18-12(8-3-5-15-6-4-8)9-1-2-10-11(7-9)17-14(20)13(19)16-10/h1-7H,(H,16,19)(H,17,20). The van der Waals surface area contributed by atoms with Crippen LogP contribution in [0.5, 0.6) is 0 Å². The zero-order valence-electron chi connectivity index (χ0n) is 10.2. The number of rotatable bonds is 2. The second-order valence-electron chi connectivity index (χ2n) is 4.23. The molecule has 0 amide bonds. The van der Waals surface area contributed by atoms with Crippen LogP contribution in [0.25, 0.3) is 11.0 Å². The molecule has 0 atom stereocenters. The number of hydrogen-bond donors (Lipinski definition) is 2. The number of H-pyrrole nitrogens is 2. The van der Waals surface area contributed by atoms with Crippen LogP contribution in [0, 0.1) is 0 Å². The Morgan fingerprint density at radius 1 is 0.850 bits per heavy atom. The van der Waals surface area contributed by atoms with Crippen LogP contribution in [0.15, 0.2) is 52.3 Å². The summed E-state index contributed by atoms with van der Waals surface area (Å²) in [4.78, 5) is 43.5. The lowest BCUT2D eigenvalue weighted by atomic mass is 10.0. The molecule has 6 nitrogen and oxygen atoms in total. The first-order valence-electron chi connectivity index (χ1n) is 5.86. The van der Waals surface area contributed by atoms with Crippen LogP contribution in [-0.4, -0.2) is 20.7 Å². The lowest BCUT2D eigenvalue weighted by Gasteiger charge is -2.03. The molecule has 0 spiro atoms. The SMILES string of the molecule is O=C(c1ccncc1)c1ccc2[nH]c(=O)c(=O)[nH]c2c1. The summed E-state index contributed by atoms with van der Waals surface area (Å²) in [5.41, 5.74) is 0.352. The van der Waals surface area contributed by atoms with E-state index >= 15 is 0 Å². The highest BCUT2D eigenvalue weighted by atomic mass is 16.2. The number of carbonyl (C=O) groups excluding carboxylic acids is 1. The number of hydrogen-bond acceptors (Lipinski definition) is 4. The Morgan fingerprint density at radius 3 is 2.20 bits per heavy atom. The summed E-state index contributed by atoms with van der Waals surface area (Å²) in [5, 5.41) is 0. The van der Waals surface area contributed by atoms with Gasteiger partial charge in [-0.3, -0.25) is 19.4 Å². The van der Waals surface area contributed by atoms with Gasteiger partial charge in [-0.25, -0.2) is 0 Å². The molecule has 98 valence electrons. The Kier molecular flexibility index (Phi) is 2.76. The van der Waals surface area contributed by atoms with E-state index in [2.05, 4.69) is 15.0 Å². The van der Waals surface area contributed by atoms with Gasteiger partial charge in [0.2, 0.25) is 0 Å². The van der Waals surface area contributed by atoms with Gasteiger partial charge in [-0.1, -0.05) is 0 Å². The largest absolute Gasteiger partial charge is 0.316 e. The van der Waals surface area contributed by atoms with Gasteiger partial charge in [-0.15, -0.1) is 0 Å². The first-order chi connectivity index (χ1) is 9.65. The number of pyridine rings is 1. The van der Waals surface area contributed by atoms with Gasteiger partial charge in [-0.05, 0) is 30.3 Å². The van der Waals surface area contributed by atoms with Gasteiger partial charge in [0, 0.05) is 23.5 Å². The Balaban J connectivity index is 2.14. The molecule has 0 fully saturated rings. The van der Waals surface area contributed by atoms with Crippen molar-refractivity contribution in [2.24, 2.45) is 0 Å². The van der Waals surface area contributed by atoms with Gasteiger partial charge >= 0.3 is 11.1 Å². The van der Waals surface area contributed by atoms with Crippen LogP contribution in [-0.2, 0) is 0 Å². The number of aromatic nitrogens is 3. The van der Waals surface area contributed by atoms with Crippen molar-refractivity contribution < 1.29 is 4.79 Å². The first-order valence-corrected chi connectivity index (χ1v) is 5.86. The fourth-order valence-electron chi connectivity index (χ4n) is 1.93. The van der Waals surface area contributed by atoms with E-state index < -0.39 is 11.1 Å². The monoisotopic (exact) mass is 267 g/mol. The van der Waals surface area contributed by atoms with Crippen molar-refractivity contribution in [1.29, 1.82) is 0 Å². The lowest BCUT2D eigenvalue weighted by molar-refractivity contribution is 0.103. The molecule has 20 heavy (non-hydrogen) atoms. The minimum atomic E-state index is -0.744. The summed E-state index contributed by atoms with van der Waals surface area (Å²) in [5.74, 6) is -0.179. The van der Waals surface area contributed by atoms with Crippen molar-refractivity contribution in [2.75, 3.05) is 0 Å². The molecule has 2 aromatic heterocycles. The Morgan fingerprint density at radius 2 is 1.50 bits per heavy atom. The topological polar surface area (TPSA) is 95.7 Å². The van der Waals surface area contributed by atoms with Crippen LogP contribution < -0.4 is 11.1 Å². The Bertz CT molecular complexity index is 910. The molecule has 0 aliphatic heterocycles. The van der Waals surface area contributed by atoms with Crippen LogP contribution in [0.1, 0.15) is 15.9 Å². The third-order valence-corrected chi connectivity index (χ3v) is 2.93. The predicted octanol–water partition coefficient (Wildman–Crippen LogP) is 0.842. The molecule has 1 aromatic carbocycles. The van der Waals surface area contributed by atoms with Crippen molar-refractivity contribution in [3.63, 3.8) is 0 Å². The lowest BCUT2D eigenvalue weighted by Crippen LogP contribution is -2.28. The number of nitrogens with one attached hydrogen (secondary N) is 2. The van der Waals surface area contributed by atoms with Gasteiger partial charge in [-0.2, -0.15) is 0 Å². The molecule has 0 aliphatic rings. The average molecular weight is 267 g/mol. The minimum Gasteiger partial charge on any atom is -0.316 e. The molecule has 0 saturated heterocycles. The summed E-state index contributed by atoms with van der Waals surface area (Å²) in [6.07, 6.45) is 3.07. The third kappa shape index (κ3) is 2.03. The molecule has 2 heterocycles. The normalized spacial score (nSPS) is 10.6. The highest BCUT2D eigenvalue weighted by molar-refractivity contribution is 6.10. The average Bonchev–Trinajstić information content (AvgIpc) is 2.48. The second-order valence-corrected chi connectivity index (χ2v) is 4.23. The van der Waals surface area contributed by atoms with E-state index in [1.54, 1.807) is 24.3 Å². The zero-order chi connectivity index (χ0) is 14.1. The van der Waals surface area contributed by atoms with E-state index in [1.807, 2.05) is 0 Å². The molecule has 3 aromatic rings. The highest BCUT2D eigenvalue weighted by Gasteiger charge is 2.10. The number of nitrogens with zero attached hydrogens (tertiary/aromatic N) is 1. The summed E-state index contributed by atoms with van der Waals surface area (Å²) in [7, 11) is 0. The smallest absolute Gasteiger partial charge is 0.314 e. The van der Waals surface area contributed by atoms with Gasteiger partial charge in [0.1, 0.15) is 0 Å². The van der Waals surface area contributed by atoms with Gasteiger partial charge < -0.3 is 9.97 Å². The van der Waals surface area contributed by atoms with Crippen LogP contribution in [0.3, 0.4) is 0 Å². The molecule has 6 heteroatoms. The molecule has 3 rings (SSSR count). The van der Waals surface area contributed by atoms with E-state index in [-0.39, 0.29) is 5.78 Å². The number of carbonyl (C=O) groups is 1.